The highest BCUT2D eigenvalue weighted by Gasteiger charge is 2.24. The molecular weight excluding hydrogens is 450 g/mol. The van der Waals surface area contributed by atoms with Gasteiger partial charge in [0.2, 0.25) is 15.9 Å². The molecule has 2 amide bonds. The second-order valence-electron chi connectivity index (χ2n) is 7.68. The highest BCUT2D eigenvalue weighted by Crippen LogP contribution is 2.19. The van der Waals surface area contributed by atoms with Gasteiger partial charge in [-0.2, -0.15) is 4.31 Å². The summed E-state index contributed by atoms with van der Waals surface area (Å²) in [5.41, 5.74) is 1.80. The average Bonchev–Trinajstić information content (AvgIpc) is 2.85. The number of amides is 2. The SMILES string of the molecule is CCN(CC)S(=O)(=O)c1ccc(NC(=O)[C@H](Cc2ccccc2)NC(=O)c2ccccc2)cc1. The van der Waals surface area contributed by atoms with Crippen LogP contribution in [0.3, 0.4) is 0 Å². The summed E-state index contributed by atoms with van der Waals surface area (Å²) in [5, 5.41) is 5.61. The lowest BCUT2D eigenvalue weighted by Crippen LogP contribution is -2.45. The molecule has 0 unspecified atom stereocenters. The van der Waals surface area contributed by atoms with Gasteiger partial charge in [-0.15, -0.1) is 0 Å². The third kappa shape index (κ3) is 6.30. The van der Waals surface area contributed by atoms with Crippen molar-refractivity contribution in [1.29, 1.82) is 0 Å². The maximum absolute atomic E-state index is 13.1. The molecule has 34 heavy (non-hydrogen) atoms. The van der Waals surface area contributed by atoms with Crippen LogP contribution in [0.25, 0.3) is 0 Å². The lowest BCUT2D eigenvalue weighted by atomic mass is 10.0. The van der Waals surface area contributed by atoms with Crippen molar-refractivity contribution in [3.8, 4) is 0 Å². The van der Waals surface area contributed by atoms with Crippen LogP contribution in [0, 0.1) is 0 Å². The van der Waals surface area contributed by atoms with Crippen molar-refractivity contribution in [1.82, 2.24) is 9.62 Å². The smallest absolute Gasteiger partial charge is 0.251 e. The number of benzene rings is 3. The summed E-state index contributed by atoms with van der Waals surface area (Å²) >= 11 is 0. The fourth-order valence-electron chi connectivity index (χ4n) is 3.54. The summed E-state index contributed by atoms with van der Waals surface area (Å²) in [4.78, 5) is 26.0. The van der Waals surface area contributed by atoms with Crippen molar-refractivity contribution in [3.63, 3.8) is 0 Å². The van der Waals surface area contributed by atoms with Crippen LogP contribution >= 0.6 is 0 Å². The lowest BCUT2D eigenvalue weighted by Gasteiger charge is -2.20. The number of hydrogen-bond acceptors (Lipinski definition) is 4. The van der Waals surface area contributed by atoms with Gasteiger partial charge >= 0.3 is 0 Å². The summed E-state index contributed by atoms with van der Waals surface area (Å²) in [7, 11) is -3.59. The van der Waals surface area contributed by atoms with E-state index in [-0.39, 0.29) is 10.8 Å². The van der Waals surface area contributed by atoms with Crippen molar-refractivity contribution in [2.75, 3.05) is 18.4 Å². The summed E-state index contributed by atoms with van der Waals surface area (Å²) < 4.78 is 26.7. The number of rotatable bonds is 10. The van der Waals surface area contributed by atoms with E-state index in [0.717, 1.165) is 5.56 Å². The molecule has 0 radical (unpaired) electrons. The third-order valence-electron chi connectivity index (χ3n) is 5.41. The minimum Gasteiger partial charge on any atom is -0.340 e. The first-order chi connectivity index (χ1) is 16.3. The molecule has 0 saturated heterocycles. The van der Waals surface area contributed by atoms with Gasteiger partial charge in [0.25, 0.3) is 5.91 Å². The van der Waals surface area contributed by atoms with E-state index in [9.17, 15) is 18.0 Å². The molecule has 3 aromatic carbocycles. The fourth-order valence-corrected chi connectivity index (χ4v) is 5.00. The van der Waals surface area contributed by atoms with E-state index in [0.29, 0.717) is 30.8 Å². The Balaban J connectivity index is 1.77. The largest absolute Gasteiger partial charge is 0.340 e. The predicted octanol–water partition coefficient (Wildman–Crippen LogP) is 3.70. The van der Waals surface area contributed by atoms with Gasteiger partial charge in [0.15, 0.2) is 0 Å². The normalized spacial score (nSPS) is 12.2. The van der Waals surface area contributed by atoms with Crippen LogP contribution < -0.4 is 10.6 Å². The van der Waals surface area contributed by atoms with Gasteiger partial charge in [-0.25, -0.2) is 8.42 Å². The first kappa shape index (κ1) is 25.1. The molecule has 7 nitrogen and oxygen atoms in total. The molecule has 2 N–H and O–H groups in total. The van der Waals surface area contributed by atoms with Crippen molar-refractivity contribution in [3.05, 3.63) is 96.1 Å². The van der Waals surface area contributed by atoms with Crippen molar-refractivity contribution >= 4 is 27.5 Å². The van der Waals surface area contributed by atoms with Gasteiger partial charge in [0, 0.05) is 30.8 Å². The van der Waals surface area contributed by atoms with Crippen LogP contribution in [-0.4, -0.2) is 43.7 Å². The van der Waals surface area contributed by atoms with Crippen LogP contribution in [0.1, 0.15) is 29.8 Å². The quantitative estimate of drug-likeness (QED) is 0.464. The van der Waals surface area contributed by atoms with Gasteiger partial charge in [0.1, 0.15) is 6.04 Å². The van der Waals surface area contributed by atoms with Gasteiger partial charge in [-0.05, 0) is 42.0 Å². The van der Waals surface area contributed by atoms with Gasteiger partial charge < -0.3 is 10.6 Å². The highest BCUT2D eigenvalue weighted by atomic mass is 32.2. The van der Waals surface area contributed by atoms with Crippen molar-refractivity contribution < 1.29 is 18.0 Å². The van der Waals surface area contributed by atoms with Crippen LogP contribution in [-0.2, 0) is 21.2 Å². The molecule has 0 saturated carbocycles. The summed E-state index contributed by atoms with van der Waals surface area (Å²) in [5.74, 6) is -0.746. The molecule has 3 aromatic rings. The van der Waals surface area contributed by atoms with Crippen molar-refractivity contribution in [2.24, 2.45) is 0 Å². The molecule has 0 fully saturated rings. The van der Waals surface area contributed by atoms with Crippen LogP contribution in [0.15, 0.2) is 89.8 Å². The predicted molar refractivity (Wildman–Crippen MR) is 133 cm³/mol. The molecule has 1 atom stereocenters. The number of carbonyl (C=O) groups excluding carboxylic acids is 2. The Morgan fingerprint density at radius 1 is 0.824 bits per heavy atom. The van der Waals surface area contributed by atoms with Crippen LogP contribution in [0.2, 0.25) is 0 Å². The fraction of sp³-hybridized carbons (Fsp3) is 0.231. The summed E-state index contributed by atoms with van der Waals surface area (Å²) in [6, 6.07) is 23.3. The molecular formula is C26H29N3O4S. The number of anilines is 1. The van der Waals surface area contributed by atoms with Crippen LogP contribution in [0.5, 0.6) is 0 Å². The van der Waals surface area contributed by atoms with E-state index >= 15 is 0 Å². The second kappa shape index (κ2) is 11.6. The maximum Gasteiger partial charge on any atom is 0.251 e. The first-order valence-corrected chi connectivity index (χ1v) is 12.6. The minimum absolute atomic E-state index is 0.160. The standard InChI is InChI=1S/C26H29N3O4S/c1-3-29(4-2)34(32,33)23-17-15-22(16-18-23)27-26(31)24(19-20-11-7-5-8-12-20)28-25(30)21-13-9-6-10-14-21/h5-18,24H,3-4,19H2,1-2H3,(H,27,31)(H,28,30)/t24-/m0/s1. The molecule has 8 heteroatoms. The Hall–Kier alpha value is -3.49. The Morgan fingerprint density at radius 3 is 1.94 bits per heavy atom. The zero-order valence-electron chi connectivity index (χ0n) is 19.3. The van der Waals surface area contributed by atoms with Gasteiger partial charge in [-0.1, -0.05) is 62.4 Å². The van der Waals surface area contributed by atoms with E-state index in [4.69, 9.17) is 0 Å². The topological polar surface area (TPSA) is 95.6 Å². The third-order valence-corrected chi connectivity index (χ3v) is 7.47. The summed E-state index contributed by atoms with van der Waals surface area (Å²) in [6.45, 7) is 4.32. The molecule has 0 aromatic heterocycles. The molecule has 0 aliphatic heterocycles. The van der Waals surface area contributed by atoms with E-state index in [1.165, 1.54) is 16.4 Å². The number of sulfonamides is 1. The first-order valence-electron chi connectivity index (χ1n) is 11.2. The highest BCUT2D eigenvalue weighted by molar-refractivity contribution is 7.89. The van der Waals surface area contributed by atoms with Gasteiger partial charge in [0.05, 0.1) is 4.90 Å². The zero-order chi connectivity index (χ0) is 24.6. The van der Waals surface area contributed by atoms with E-state index < -0.39 is 22.0 Å². The molecule has 178 valence electrons. The molecule has 3 rings (SSSR count). The van der Waals surface area contributed by atoms with E-state index in [1.807, 2.05) is 36.4 Å². The monoisotopic (exact) mass is 479 g/mol. The summed E-state index contributed by atoms with van der Waals surface area (Å²) in [6.07, 6.45) is 0.305. The van der Waals surface area contributed by atoms with Gasteiger partial charge in [-0.3, -0.25) is 9.59 Å². The Morgan fingerprint density at radius 2 is 1.38 bits per heavy atom. The minimum atomic E-state index is -3.59. The molecule has 0 bridgehead atoms. The Labute approximate surface area is 200 Å². The molecule has 0 heterocycles. The molecule has 0 spiro atoms. The lowest BCUT2D eigenvalue weighted by molar-refractivity contribution is -0.118. The second-order valence-corrected chi connectivity index (χ2v) is 9.62. The maximum atomic E-state index is 13.1. The van der Waals surface area contributed by atoms with Crippen LogP contribution in [0.4, 0.5) is 5.69 Å². The van der Waals surface area contributed by atoms with E-state index in [1.54, 1.807) is 50.2 Å². The average molecular weight is 480 g/mol. The zero-order valence-corrected chi connectivity index (χ0v) is 20.1. The van der Waals surface area contributed by atoms with E-state index in [2.05, 4.69) is 10.6 Å². The number of hydrogen-bond donors (Lipinski definition) is 2. The van der Waals surface area contributed by atoms with Crippen molar-refractivity contribution in [2.45, 2.75) is 31.2 Å². The Bertz CT molecular complexity index is 1190. The number of nitrogens with zero attached hydrogens (tertiary/aromatic N) is 1. The Kier molecular flexibility index (Phi) is 8.56. The number of nitrogens with one attached hydrogen (secondary N) is 2. The number of carbonyl (C=O) groups is 2. The molecule has 0 aliphatic rings. The molecule has 0 aliphatic carbocycles.